The number of carbonyl (C=O) groups is 2. The van der Waals surface area contributed by atoms with Gasteiger partial charge in [0.2, 0.25) is 4.38 Å². The fourth-order valence-corrected chi connectivity index (χ4v) is 2.90. The number of cyclic esters (lactones) is 1. The number of esters is 2. The predicted octanol–water partition coefficient (Wildman–Crippen LogP) is 1.88. The molecular formula is C11H16O5S2. The van der Waals surface area contributed by atoms with Gasteiger partial charge in [-0.15, -0.1) is 0 Å². The zero-order valence-electron chi connectivity index (χ0n) is 10.3. The Balaban J connectivity index is 2.51. The van der Waals surface area contributed by atoms with E-state index in [4.69, 9.17) is 26.4 Å². The lowest BCUT2D eigenvalue weighted by atomic mass is 10.1. The summed E-state index contributed by atoms with van der Waals surface area (Å²) in [7, 11) is 0. The Kier molecular flexibility index (Phi) is 6.42. The third kappa shape index (κ3) is 5.22. The quantitative estimate of drug-likeness (QED) is 0.435. The lowest BCUT2D eigenvalue weighted by Crippen LogP contribution is -2.21. The van der Waals surface area contributed by atoms with Gasteiger partial charge in [-0.25, -0.2) is 0 Å². The molecule has 1 fully saturated rings. The average molecular weight is 292 g/mol. The maximum absolute atomic E-state index is 11.4. The summed E-state index contributed by atoms with van der Waals surface area (Å²) in [6.45, 7) is 4.03. The van der Waals surface area contributed by atoms with Crippen molar-refractivity contribution in [2.45, 2.75) is 32.1 Å². The summed E-state index contributed by atoms with van der Waals surface area (Å²) in [4.78, 5) is 22.4. The Bertz CT molecular complexity index is 331. The molecule has 0 spiro atoms. The molecule has 0 saturated carbocycles. The number of hydrogen-bond donors (Lipinski definition) is 0. The number of thioether (sulfide) groups is 1. The van der Waals surface area contributed by atoms with Crippen LogP contribution >= 0.6 is 24.0 Å². The predicted molar refractivity (Wildman–Crippen MR) is 71.1 cm³/mol. The molecule has 0 amide bonds. The number of hydrogen-bond acceptors (Lipinski definition) is 7. The van der Waals surface area contributed by atoms with Gasteiger partial charge in [0, 0.05) is 13.3 Å². The lowest BCUT2D eigenvalue weighted by Gasteiger charge is -2.18. The Labute approximate surface area is 116 Å². The maximum Gasteiger partial charge on any atom is 0.309 e. The molecule has 2 atom stereocenters. The Morgan fingerprint density at radius 2 is 2.39 bits per heavy atom. The van der Waals surface area contributed by atoms with Crippen molar-refractivity contribution in [3.63, 3.8) is 0 Å². The zero-order chi connectivity index (χ0) is 13.5. The van der Waals surface area contributed by atoms with Gasteiger partial charge in [-0.1, -0.05) is 0 Å². The topological polar surface area (TPSA) is 61.8 Å². The van der Waals surface area contributed by atoms with Crippen LogP contribution in [0.15, 0.2) is 0 Å². The van der Waals surface area contributed by atoms with E-state index in [1.54, 1.807) is 0 Å². The van der Waals surface area contributed by atoms with Gasteiger partial charge >= 0.3 is 11.9 Å². The molecule has 2 unspecified atom stereocenters. The molecule has 1 rings (SSSR count). The minimum atomic E-state index is -0.503. The monoisotopic (exact) mass is 292 g/mol. The minimum Gasteiger partial charge on any atom is -0.479 e. The van der Waals surface area contributed by atoms with Crippen LogP contribution in [-0.4, -0.2) is 35.0 Å². The highest BCUT2D eigenvalue weighted by Crippen LogP contribution is 2.28. The summed E-state index contributed by atoms with van der Waals surface area (Å²) >= 11 is 6.13. The molecule has 0 N–H and O–H groups in total. The van der Waals surface area contributed by atoms with Crippen molar-refractivity contribution in [3.05, 3.63) is 0 Å². The summed E-state index contributed by atoms with van der Waals surface area (Å²) < 4.78 is 15.4. The first kappa shape index (κ1) is 15.2. The normalized spacial score (nSPS) is 20.1. The van der Waals surface area contributed by atoms with E-state index in [1.807, 2.05) is 6.92 Å². The van der Waals surface area contributed by atoms with Crippen LogP contribution in [0.3, 0.4) is 0 Å². The van der Waals surface area contributed by atoms with Gasteiger partial charge in [0.15, 0.2) is 5.44 Å². The fourth-order valence-electron chi connectivity index (χ4n) is 1.55. The highest BCUT2D eigenvalue weighted by atomic mass is 32.2. The van der Waals surface area contributed by atoms with E-state index in [2.05, 4.69) is 0 Å². The highest BCUT2D eigenvalue weighted by molar-refractivity contribution is 8.22. The molecule has 102 valence electrons. The van der Waals surface area contributed by atoms with Crippen molar-refractivity contribution < 1.29 is 23.8 Å². The lowest BCUT2D eigenvalue weighted by molar-refractivity contribution is -0.146. The second-order valence-electron chi connectivity index (χ2n) is 3.73. The first-order chi connectivity index (χ1) is 8.52. The second-order valence-corrected chi connectivity index (χ2v) is 5.49. The van der Waals surface area contributed by atoms with Crippen LogP contribution in [0.2, 0.25) is 0 Å². The van der Waals surface area contributed by atoms with Gasteiger partial charge in [0.25, 0.3) is 0 Å². The number of rotatable bonds is 5. The molecule has 18 heavy (non-hydrogen) atoms. The van der Waals surface area contributed by atoms with Crippen molar-refractivity contribution in [2.75, 3.05) is 13.2 Å². The van der Waals surface area contributed by atoms with Gasteiger partial charge in [-0.05, 0) is 37.3 Å². The molecule has 1 saturated heterocycles. The summed E-state index contributed by atoms with van der Waals surface area (Å²) in [5.74, 6) is -0.875. The molecule has 0 aromatic rings. The van der Waals surface area contributed by atoms with Gasteiger partial charge in [-0.2, -0.15) is 0 Å². The molecule has 5 nitrogen and oxygen atoms in total. The van der Waals surface area contributed by atoms with Crippen LogP contribution in [-0.2, 0) is 23.8 Å². The van der Waals surface area contributed by atoms with Crippen LogP contribution in [0.5, 0.6) is 0 Å². The number of carbonyl (C=O) groups excluding carboxylic acids is 2. The zero-order valence-corrected chi connectivity index (χ0v) is 12.0. The molecule has 0 aromatic carbocycles. The van der Waals surface area contributed by atoms with Crippen LogP contribution in [0.25, 0.3) is 0 Å². The van der Waals surface area contributed by atoms with Crippen molar-refractivity contribution >= 4 is 40.3 Å². The van der Waals surface area contributed by atoms with Gasteiger partial charge in [0.05, 0.1) is 19.1 Å². The molecule has 1 aliphatic rings. The van der Waals surface area contributed by atoms with Crippen molar-refractivity contribution in [2.24, 2.45) is 5.92 Å². The van der Waals surface area contributed by atoms with E-state index < -0.39 is 11.4 Å². The standard InChI is InChI=1S/C11H16O5S2/c1-3-14-11(17)18-9(16-7(2)12)6-8-4-5-15-10(8)13/h8-9H,3-6H2,1-2H3. The summed E-state index contributed by atoms with van der Waals surface area (Å²) in [5.41, 5.74) is -0.503. The van der Waals surface area contributed by atoms with Crippen LogP contribution < -0.4 is 0 Å². The third-order valence-electron chi connectivity index (χ3n) is 2.31. The van der Waals surface area contributed by atoms with E-state index in [0.717, 1.165) is 11.8 Å². The average Bonchev–Trinajstić information content (AvgIpc) is 2.63. The number of thiocarbonyl (C=S) groups is 1. The molecule has 1 heterocycles. The van der Waals surface area contributed by atoms with Gasteiger partial charge in [0.1, 0.15) is 0 Å². The summed E-state index contributed by atoms with van der Waals surface area (Å²) in [6, 6.07) is 0. The number of ether oxygens (including phenoxy) is 3. The van der Waals surface area contributed by atoms with Crippen LogP contribution in [0, 0.1) is 5.92 Å². The minimum absolute atomic E-state index is 0.230. The fraction of sp³-hybridized carbons (Fsp3) is 0.727. The van der Waals surface area contributed by atoms with Crippen molar-refractivity contribution in [1.29, 1.82) is 0 Å². The largest absolute Gasteiger partial charge is 0.479 e. The summed E-state index contributed by atoms with van der Waals surface area (Å²) in [6.07, 6.45) is 1.05. The Hall–Kier alpha value is -0.820. The Morgan fingerprint density at radius 3 is 2.89 bits per heavy atom. The van der Waals surface area contributed by atoms with E-state index in [9.17, 15) is 9.59 Å². The van der Waals surface area contributed by atoms with Gasteiger partial charge in [-0.3, -0.25) is 9.59 Å². The summed E-state index contributed by atoms with van der Waals surface area (Å²) in [5, 5.41) is 0. The molecule has 0 radical (unpaired) electrons. The van der Waals surface area contributed by atoms with E-state index in [-0.39, 0.29) is 11.9 Å². The SMILES string of the molecule is CCOC(=S)SC(CC1CCOC1=O)OC(C)=O. The van der Waals surface area contributed by atoms with E-state index in [0.29, 0.717) is 30.4 Å². The maximum atomic E-state index is 11.4. The Morgan fingerprint density at radius 1 is 1.67 bits per heavy atom. The first-order valence-electron chi connectivity index (χ1n) is 5.70. The molecular weight excluding hydrogens is 276 g/mol. The van der Waals surface area contributed by atoms with Crippen LogP contribution in [0.1, 0.15) is 26.7 Å². The molecule has 0 aromatic heterocycles. The van der Waals surface area contributed by atoms with E-state index in [1.165, 1.54) is 6.92 Å². The first-order valence-corrected chi connectivity index (χ1v) is 6.99. The third-order valence-corrected chi connectivity index (χ3v) is 3.58. The molecule has 1 aliphatic heterocycles. The smallest absolute Gasteiger partial charge is 0.309 e. The van der Waals surface area contributed by atoms with E-state index >= 15 is 0 Å². The molecule has 7 heteroatoms. The van der Waals surface area contributed by atoms with Crippen LogP contribution in [0.4, 0.5) is 0 Å². The highest BCUT2D eigenvalue weighted by Gasteiger charge is 2.31. The van der Waals surface area contributed by atoms with Crippen molar-refractivity contribution in [1.82, 2.24) is 0 Å². The van der Waals surface area contributed by atoms with Gasteiger partial charge < -0.3 is 14.2 Å². The second kappa shape index (κ2) is 7.58. The molecule has 0 aliphatic carbocycles. The van der Waals surface area contributed by atoms with Crippen molar-refractivity contribution in [3.8, 4) is 0 Å². The molecule has 0 bridgehead atoms.